The van der Waals surface area contributed by atoms with Gasteiger partial charge in [-0.05, 0) is 30.3 Å². The molecule has 0 spiro atoms. The average molecular weight is 310 g/mol. The molecule has 0 aliphatic carbocycles. The lowest BCUT2D eigenvalue weighted by Gasteiger charge is -2.08. The van der Waals surface area contributed by atoms with Gasteiger partial charge < -0.3 is 15.2 Å². The number of benzene rings is 2. The Morgan fingerprint density at radius 1 is 1.29 bits per heavy atom. The maximum atomic E-state index is 13.3. The number of phenols is 1. The fourth-order valence-corrected chi connectivity index (χ4v) is 1.82. The zero-order valence-electron chi connectivity index (χ0n) is 11.0. The number of ether oxygens (including phenoxy) is 1. The molecule has 4 nitrogen and oxygen atoms in total. The molecule has 0 heterocycles. The largest absolute Gasteiger partial charge is 0.506 e. The van der Waals surface area contributed by atoms with Crippen molar-refractivity contribution in [3.05, 3.63) is 58.9 Å². The maximum absolute atomic E-state index is 13.3. The van der Waals surface area contributed by atoms with Gasteiger partial charge >= 0.3 is 0 Å². The number of carbonyl (C=O) groups excluding carboxylic acids is 1. The summed E-state index contributed by atoms with van der Waals surface area (Å²) < 4.78 is 18.5. The normalized spacial score (nSPS) is 10.2. The minimum absolute atomic E-state index is 0.0869. The maximum Gasteiger partial charge on any atom is 0.251 e. The molecule has 0 saturated carbocycles. The molecule has 2 aromatic carbocycles. The molecule has 0 bridgehead atoms. The highest BCUT2D eigenvalue weighted by molar-refractivity contribution is 6.32. The number of para-hydroxylation sites is 1. The molecule has 0 fully saturated rings. The van der Waals surface area contributed by atoms with Gasteiger partial charge in [-0.2, -0.15) is 0 Å². The van der Waals surface area contributed by atoms with E-state index in [1.54, 1.807) is 12.1 Å². The Bertz CT molecular complexity index is 649. The Balaban J connectivity index is 1.82. The Hall–Kier alpha value is -2.27. The monoisotopic (exact) mass is 309 g/mol. The van der Waals surface area contributed by atoms with Crippen LogP contribution in [0.3, 0.4) is 0 Å². The SMILES string of the molecule is O=C(NCCOc1ccccc1F)c1ccc(O)c(Cl)c1. The molecule has 0 saturated heterocycles. The van der Waals surface area contributed by atoms with Crippen LogP contribution in [0.25, 0.3) is 0 Å². The molecule has 0 aromatic heterocycles. The number of aromatic hydroxyl groups is 1. The molecule has 1 amide bonds. The van der Waals surface area contributed by atoms with Crippen molar-refractivity contribution in [3.8, 4) is 11.5 Å². The van der Waals surface area contributed by atoms with E-state index in [0.717, 1.165) is 0 Å². The highest BCUT2D eigenvalue weighted by Gasteiger charge is 2.08. The van der Waals surface area contributed by atoms with Crippen molar-refractivity contribution in [3.63, 3.8) is 0 Å². The second-order valence-corrected chi connectivity index (χ2v) is 4.61. The van der Waals surface area contributed by atoms with Crippen LogP contribution in [0, 0.1) is 5.82 Å². The first-order valence-corrected chi connectivity index (χ1v) is 6.60. The molecular formula is C15H13ClFNO3. The first-order chi connectivity index (χ1) is 10.1. The summed E-state index contributed by atoms with van der Waals surface area (Å²) in [4.78, 5) is 11.8. The van der Waals surface area contributed by atoms with Gasteiger partial charge in [-0.1, -0.05) is 23.7 Å². The summed E-state index contributed by atoms with van der Waals surface area (Å²) in [7, 11) is 0. The van der Waals surface area contributed by atoms with Crippen LogP contribution < -0.4 is 10.1 Å². The Morgan fingerprint density at radius 3 is 2.76 bits per heavy atom. The van der Waals surface area contributed by atoms with Crippen molar-refractivity contribution in [1.29, 1.82) is 0 Å². The van der Waals surface area contributed by atoms with Crippen LogP contribution in [-0.4, -0.2) is 24.2 Å². The first-order valence-electron chi connectivity index (χ1n) is 6.22. The zero-order chi connectivity index (χ0) is 15.2. The summed E-state index contributed by atoms with van der Waals surface area (Å²) >= 11 is 5.72. The summed E-state index contributed by atoms with van der Waals surface area (Å²) in [5.41, 5.74) is 0.323. The fraction of sp³-hybridized carbons (Fsp3) is 0.133. The Labute approximate surface area is 126 Å². The van der Waals surface area contributed by atoms with Crippen LogP contribution >= 0.6 is 11.6 Å². The van der Waals surface area contributed by atoms with Crippen molar-refractivity contribution in [2.24, 2.45) is 0 Å². The molecule has 0 unspecified atom stereocenters. The van der Waals surface area contributed by atoms with Crippen molar-refractivity contribution < 1.29 is 19.0 Å². The smallest absolute Gasteiger partial charge is 0.251 e. The number of phenolic OH excluding ortho intramolecular Hbond substituents is 1. The molecule has 110 valence electrons. The molecular weight excluding hydrogens is 297 g/mol. The number of halogens is 2. The van der Waals surface area contributed by atoms with E-state index in [1.165, 1.54) is 30.3 Å². The summed E-state index contributed by atoms with van der Waals surface area (Å²) in [6.07, 6.45) is 0. The third-order valence-electron chi connectivity index (χ3n) is 2.69. The van der Waals surface area contributed by atoms with Crippen LogP contribution in [0.4, 0.5) is 4.39 Å². The molecule has 2 aromatic rings. The fourth-order valence-electron chi connectivity index (χ4n) is 1.64. The number of amides is 1. The van der Waals surface area contributed by atoms with Crippen LogP contribution in [-0.2, 0) is 0 Å². The van der Waals surface area contributed by atoms with E-state index in [9.17, 15) is 14.3 Å². The van der Waals surface area contributed by atoms with Gasteiger partial charge in [0.15, 0.2) is 11.6 Å². The molecule has 0 atom stereocenters. The number of rotatable bonds is 5. The molecule has 2 N–H and O–H groups in total. The van der Waals surface area contributed by atoms with Gasteiger partial charge in [0.1, 0.15) is 12.4 Å². The number of nitrogens with one attached hydrogen (secondary N) is 1. The van der Waals surface area contributed by atoms with Crippen molar-refractivity contribution in [2.75, 3.05) is 13.2 Å². The highest BCUT2D eigenvalue weighted by Crippen LogP contribution is 2.23. The van der Waals surface area contributed by atoms with Crippen molar-refractivity contribution in [1.82, 2.24) is 5.32 Å². The number of hydrogen-bond donors (Lipinski definition) is 2. The molecule has 0 radical (unpaired) electrons. The van der Waals surface area contributed by atoms with Crippen molar-refractivity contribution in [2.45, 2.75) is 0 Å². The topological polar surface area (TPSA) is 58.6 Å². The lowest BCUT2D eigenvalue weighted by molar-refractivity contribution is 0.0946. The quantitative estimate of drug-likeness (QED) is 0.835. The second-order valence-electron chi connectivity index (χ2n) is 4.20. The van der Waals surface area contributed by atoms with Gasteiger partial charge in [-0.3, -0.25) is 4.79 Å². The predicted molar refractivity (Wildman–Crippen MR) is 77.3 cm³/mol. The van der Waals surface area contributed by atoms with Gasteiger partial charge in [-0.15, -0.1) is 0 Å². The van der Waals surface area contributed by atoms with Gasteiger partial charge in [0.05, 0.1) is 11.6 Å². The van der Waals surface area contributed by atoms with Crippen LogP contribution in [0.15, 0.2) is 42.5 Å². The van der Waals surface area contributed by atoms with Gasteiger partial charge in [0, 0.05) is 5.56 Å². The predicted octanol–water partition coefficient (Wildman–Crippen LogP) is 2.99. The molecule has 0 aliphatic rings. The third kappa shape index (κ3) is 4.10. The summed E-state index contributed by atoms with van der Waals surface area (Å²) in [6.45, 7) is 0.351. The van der Waals surface area contributed by atoms with Crippen LogP contribution in [0.5, 0.6) is 11.5 Å². The minimum atomic E-state index is -0.450. The van der Waals surface area contributed by atoms with E-state index in [4.69, 9.17) is 16.3 Å². The Morgan fingerprint density at radius 2 is 2.05 bits per heavy atom. The van der Waals surface area contributed by atoms with E-state index in [-0.39, 0.29) is 35.6 Å². The zero-order valence-corrected chi connectivity index (χ0v) is 11.7. The highest BCUT2D eigenvalue weighted by atomic mass is 35.5. The van der Waals surface area contributed by atoms with Gasteiger partial charge in [0.25, 0.3) is 5.91 Å². The summed E-state index contributed by atoms with van der Waals surface area (Å²) in [6, 6.07) is 10.2. The number of carbonyl (C=O) groups is 1. The Kier molecular flexibility index (Phi) is 5.00. The van der Waals surface area contributed by atoms with Crippen LogP contribution in [0.1, 0.15) is 10.4 Å². The van der Waals surface area contributed by atoms with Gasteiger partial charge in [-0.25, -0.2) is 4.39 Å². The van der Waals surface area contributed by atoms with E-state index in [0.29, 0.717) is 5.56 Å². The molecule has 2 rings (SSSR count). The molecule has 0 aliphatic heterocycles. The lowest BCUT2D eigenvalue weighted by Crippen LogP contribution is -2.28. The van der Waals surface area contributed by atoms with E-state index in [1.807, 2.05) is 0 Å². The number of hydrogen-bond acceptors (Lipinski definition) is 3. The molecule has 6 heteroatoms. The minimum Gasteiger partial charge on any atom is -0.506 e. The van der Waals surface area contributed by atoms with Gasteiger partial charge in [0.2, 0.25) is 0 Å². The summed E-state index contributed by atoms with van der Waals surface area (Å²) in [5, 5.41) is 12.0. The second kappa shape index (κ2) is 6.95. The van der Waals surface area contributed by atoms with E-state index < -0.39 is 5.82 Å². The molecule has 21 heavy (non-hydrogen) atoms. The van der Waals surface area contributed by atoms with E-state index >= 15 is 0 Å². The lowest BCUT2D eigenvalue weighted by atomic mass is 10.2. The average Bonchev–Trinajstić information content (AvgIpc) is 2.48. The van der Waals surface area contributed by atoms with E-state index in [2.05, 4.69) is 5.32 Å². The van der Waals surface area contributed by atoms with Crippen molar-refractivity contribution >= 4 is 17.5 Å². The summed E-state index contributed by atoms with van der Waals surface area (Å²) in [5.74, 6) is -0.751. The first kappa shape index (κ1) is 15.1. The standard InChI is InChI=1S/C15H13ClFNO3/c16-11-9-10(5-6-13(11)19)15(20)18-7-8-21-14-4-2-1-3-12(14)17/h1-6,9,19H,7-8H2,(H,18,20). The van der Waals surface area contributed by atoms with Crippen LogP contribution in [0.2, 0.25) is 5.02 Å². The third-order valence-corrected chi connectivity index (χ3v) is 2.99.